The van der Waals surface area contributed by atoms with E-state index in [1.807, 2.05) is 5.41 Å². The maximum Gasteiger partial charge on any atom is 0.514 e. The predicted octanol–water partition coefficient (Wildman–Crippen LogP) is 7.67. The lowest BCUT2D eigenvalue weighted by atomic mass is 10.1. The lowest BCUT2D eigenvalue weighted by Crippen LogP contribution is -2.55. The van der Waals surface area contributed by atoms with Gasteiger partial charge in [0.1, 0.15) is 0 Å². The molecule has 0 amide bonds. The molecule has 6 heteroatoms. The first-order valence-electron chi connectivity index (χ1n) is 11.5. The second-order valence-corrected chi connectivity index (χ2v) is 18.7. The van der Waals surface area contributed by atoms with Crippen molar-refractivity contribution in [3.63, 3.8) is 0 Å². The highest BCUT2D eigenvalue weighted by molar-refractivity contribution is 8.04. The molecule has 0 rings (SSSR count). The number of thioether (sulfide) groups is 1. The van der Waals surface area contributed by atoms with E-state index in [9.17, 15) is 0 Å². The van der Waals surface area contributed by atoms with Gasteiger partial charge in [0.15, 0.2) is 0 Å². The van der Waals surface area contributed by atoms with Gasteiger partial charge < -0.3 is 13.3 Å². The number of hydrogen-bond donors (Lipinski definition) is 0. The third-order valence-electron chi connectivity index (χ3n) is 4.80. The van der Waals surface area contributed by atoms with Crippen LogP contribution >= 0.6 is 11.8 Å². The molecule has 0 aliphatic rings. The molecular formula is C22H48O3SSi2. The summed E-state index contributed by atoms with van der Waals surface area (Å²) in [6, 6.07) is 1.26. The van der Waals surface area contributed by atoms with Crippen molar-refractivity contribution in [1.82, 2.24) is 0 Å². The molecule has 0 aliphatic heterocycles. The van der Waals surface area contributed by atoms with Crippen molar-refractivity contribution >= 4 is 28.6 Å². The Morgan fingerprint density at radius 1 is 0.821 bits per heavy atom. The van der Waals surface area contributed by atoms with Gasteiger partial charge in [-0.3, -0.25) is 0 Å². The van der Waals surface area contributed by atoms with Crippen LogP contribution in [0.4, 0.5) is 0 Å². The average molecular weight is 449 g/mol. The first kappa shape index (κ1) is 28.4. The Balaban J connectivity index is 4.70. The number of unbranched alkanes of at least 4 members (excludes halogenated alkanes) is 7. The molecule has 168 valence electrons. The maximum absolute atomic E-state index is 6.48. The van der Waals surface area contributed by atoms with Gasteiger partial charge in [-0.25, -0.2) is 0 Å². The average Bonchev–Trinajstić information content (AvgIpc) is 2.63. The zero-order valence-corrected chi connectivity index (χ0v) is 22.5. The molecule has 3 nitrogen and oxygen atoms in total. The van der Waals surface area contributed by atoms with E-state index in [1.54, 1.807) is 11.8 Å². The van der Waals surface area contributed by atoms with Crippen molar-refractivity contribution < 1.29 is 13.3 Å². The Morgan fingerprint density at radius 2 is 1.36 bits per heavy atom. The van der Waals surface area contributed by atoms with Gasteiger partial charge in [-0.05, 0) is 32.1 Å². The van der Waals surface area contributed by atoms with E-state index in [0.29, 0.717) is 13.2 Å². The summed E-state index contributed by atoms with van der Waals surface area (Å²) in [5.41, 5.74) is 0. The molecule has 0 radical (unpaired) electrons. The Hall–Kier alpha value is 0.404. The molecule has 0 aliphatic carbocycles. The fourth-order valence-corrected chi connectivity index (χ4v) is 9.51. The van der Waals surface area contributed by atoms with Crippen LogP contribution in [0.1, 0.15) is 78.6 Å². The third kappa shape index (κ3) is 13.6. The van der Waals surface area contributed by atoms with Crippen molar-refractivity contribution in [3.05, 3.63) is 12.0 Å². The van der Waals surface area contributed by atoms with Crippen LogP contribution in [0.15, 0.2) is 12.0 Å². The van der Waals surface area contributed by atoms with E-state index in [4.69, 9.17) is 13.3 Å². The lowest BCUT2D eigenvalue weighted by Gasteiger charge is -2.35. The Bertz CT molecular complexity index is 369. The molecule has 0 spiro atoms. The molecule has 1 atom stereocenters. The topological polar surface area (TPSA) is 27.7 Å². The highest BCUT2D eigenvalue weighted by atomic mass is 32.2. The highest BCUT2D eigenvalue weighted by Crippen LogP contribution is 2.32. The van der Waals surface area contributed by atoms with Gasteiger partial charge in [-0.1, -0.05) is 84.1 Å². The largest absolute Gasteiger partial charge is 0.514 e. The fraction of sp³-hybridized carbons (Fsp3) is 0.909. The second-order valence-electron chi connectivity index (χ2n) is 8.68. The van der Waals surface area contributed by atoms with E-state index < -0.39 is 16.9 Å². The van der Waals surface area contributed by atoms with Crippen molar-refractivity contribution in [3.8, 4) is 0 Å². The SMILES string of the molecule is C=CSC(CC[Si](C)(C)C)[Si](OCC)(OCC)OCCCCCCCCCC. The molecule has 0 aromatic carbocycles. The highest BCUT2D eigenvalue weighted by Gasteiger charge is 2.49. The van der Waals surface area contributed by atoms with Crippen molar-refractivity contribution in [2.45, 2.75) is 109 Å². The zero-order chi connectivity index (χ0) is 21.3. The van der Waals surface area contributed by atoms with E-state index >= 15 is 0 Å². The smallest absolute Gasteiger partial charge is 0.373 e. The van der Waals surface area contributed by atoms with Gasteiger partial charge in [-0.2, -0.15) is 0 Å². The molecule has 0 aromatic heterocycles. The first-order valence-corrected chi connectivity index (χ1v) is 18.0. The van der Waals surface area contributed by atoms with Crippen LogP contribution in [-0.2, 0) is 13.3 Å². The quantitative estimate of drug-likeness (QED) is 0.141. The van der Waals surface area contributed by atoms with Gasteiger partial charge in [0, 0.05) is 27.9 Å². The summed E-state index contributed by atoms with van der Waals surface area (Å²) >= 11 is 1.76. The number of rotatable bonds is 20. The molecule has 0 heterocycles. The number of hydrogen-bond acceptors (Lipinski definition) is 4. The molecule has 0 aromatic rings. The van der Waals surface area contributed by atoms with Crippen molar-refractivity contribution in [2.75, 3.05) is 19.8 Å². The normalized spacial score (nSPS) is 13.6. The standard InChI is InChI=1S/C22H48O3SSi2/c1-8-12-13-14-15-16-17-18-20-25-28(23-9-2,24-10-3)22(26-11-4)19-21-27(5,6)7/h11,22H,4,8-10,12-21H2,1-3,5-7H3. The van der Waals surface area contributed by atoms with E-state index in [-0.39, 0.29) is 4.87 Å². The molecule has 0 fully saturated rings. The van der Waals surface area contributed by atoms with Gasteiger partial charge in [0.2, 0.25) is 0 Å². The van der Waals surface area contributed by atoms with Gasteiger partial charge >= 0.3 is 8.80 Å². The molecular weight excluding hydrogens is 400 g/mol. The lowest BCUT2D eigenvalue weighted by molar-refractivity contribution is 0.0636. The third-order valence-corrected chi connectivity index (χ3v) is 11.7. The Morgan fingerprint density at radius 3 is 1.82 bits per heavy atom. The summed E-state index contributed by atoms with van der Waals surface area (Å²) in [6.45, 7) is 19.6. The molecule has 28 heavy (non-hydrogen) atoms. The summed E-state index contributed by atoms with van der Waals surface area (Å²) in [5.74, 6) is 0. The van der Waals surface area contributed by atoms with E-state index in [0.717, 1.165) is 19.4 Å². The van der Waals surface area contributed by atoms with Gasteiger partial charge in [0.25, 0.3) is 0 Å². The van der Waals surface area contributed by atoms with E-state index in [2.05, 4.69) is 47.0 Å². The van der Waals surface area contributed by atoms with Crippen LogP contribution in [0.5, 0.6) is 0 Å². The molecule has 0 saturated carbocycles. The predicted molar refractivity (Wildman–Crippen MR) is 132 cm³/mol. The fourth-order valence-electron chi connectivity index (χ4n) is 3.26. The van der Waals surface area contributed by atoms with Crippen LogP contribution in [-0.4, -0.2) is 41.6 Å². The summed E-state index contributed by atoms with van der Waals surface area (Å²) in [6.07, 6.45) is 11.5. The van der Waals surface area contributed by atoms with Crippen LogP contribution in [0.3, 0.4) is 0 Å². The van der Waals surface area contributed by atoms with Crippen LogP contribution in [0, 0.1) is 0 Å². The molecule has 0 bridgehead atoms. The van der Waals surface area contributed by atoms with E-state index in [1.165, 1.54) is 51.0 Å². The van der Waals surface area contributed by atoms with Gasteiger partial charge in [-0.15, -0.1) is 11.8 Å². The summed E-state index contributed by atoms with van der Waals surface area (Å²) < 4.78 is 19.0. The van der Waals surface area contributed by atoms with Crippen LogP contribution in [0.2, 0.25) is 25.7 Å². The van der Waals surface area contributed by atoms with Crippen LogP contribution < -0.4 is 0 Å². The molecule has 0 N–H and O–H groups in total. The zero-order valence-electron chi connectivity index (χ0n) is 19.7. The summed E-state index contributed by atoms with van der Waals surface area (Å²) in [7, 11) is -3.85. The second kappa shape index (κ2) is 17.1. The first-order chi connectivity index (χ1) is 13.3. The Kier molecular flexibility index (Phi) is 17.4. The monoisotopic (exact) mass is 448 g/mol. The summed E-state index contributed by atoms with van der Waals surface area (Å²) in [4.78, 5) is 0.255. The maximum atomic E-state index is 6.48. The van der Waals surface area contributed by atoms with Crippen molar-refractivity contribution in [2.24, 2.45) is 0 Å². The van der Waals surface area contributed by atoms with Crippen LogP contribution in [0.25, 0.3) is 0 Å². The molecule has 1 unspecified atom stereocenters. The minimum Gasteiger partial charge on any atom is -0.373 e. The van der Waals surface area contributed by atoms with Gasteiger partial charge in [0.05, 0.1) is 4.87 Å². The Labute approximate surface area is 182 Å². The minimum absolute atomic E-state index is 0.255. The molecule has 0 saturated heterocycles. The minimum atomic E-state index is -2.72. The summed E-state index contributed by atoms with van der Waals surface area (Å²) in [5, 5.41) is 1.94. The van der Waals surface area contributed by atoms with Crippen molar-refractivity contribution in [1.29, 1.82) is 0 Å².